The van der Waals surface area contributed by atoms with Gasteiger partial charge in [-0.2, -0.15) is 0 Å². The molecule has 1 amide bonds. The van der Waals surface area contributed by atoms with Gasteiger partial charge in [-0.15, -0.1) is 6.58 Å². The maximum atomic E-state index is 11.7. The number of benzene rings is 1. The van der Waals surface area contributed by atoms with E-state index in [0.717, 1.165) is 5.56 Å². The van der Waals surface area contributed by atoms with Crippen LogP contribution in [-0.4, -0.2) is 23.0 Å². The number of allylic oxidation sites excluding steroid dienone is 1. The topological polar surface area (TPSA) is 66.4 Å². The molecule has 0 spiro atoms. The summed E-state index contributed by atoms with van der Waals surface area (Å²) < 4.78 is 0. The zero-order chi connectivity index (χ0) is 13.5. The summed E-state index contributed by atoms with van der Waals surface area (Å²) in [6, 6.07) is 8.64. The quantitative estimate of drug-likeness (QED) is 0.755. The molecule has 0 heterocycles. The Labute approximate surface area is 106 Å². The Balaban J connectivity index is 2.62. The number of carboxylic acids is 1. The fourth-order valence-electron chi connectivity index (χ4n) is 1.60. The van der Waals surface area contributed by atoms with Crippen LogP contribution in [0.3, 0.4) is 0 Å². The molecule has 1 rings (SSSR count). The van der Waals surface area contributed by atoms with E-state index in [1.807, 2.05) is 30.3 Å². The molecule has 2 atom stereocenters. The van der Waals surface area contributed by atoms with E-state index in [4.69, 9.17) is 5.11 Å². The van der Waals surface area contributed by atoms with Crippen molar-refractivity contribution in [2.75, 3.05) is 0 Å². The van der Waals surface area contributed by atoms with Crippen molar-refractivity contribution >= 4 is 11.9 Å². The molecule has 4 nitrogen and oxygen atoms in total. The third kappa shape index (κ3) is 4.05. The molecule has 0 radical (unpaired) electrons. The Bertz CT molecular complexity index is 428. The first-order chi connectivity index (χ1) is 8.54. The summed E-state index contributed by atoms with van der Waals surface area (Å²) in [7, 11) is 0. The van der Waals surface area contributed by atoms with Gasteiger partial charge in [0.25, 0.3) is 0 Å². The summed E-state index contributed by atoms with van der Waals surface area (Å²) in [6.45, 7) is 5.14. The summed E-state index contributed by atoms with van der Waals surface area (Å²) in [5, 5.41) is 11.1. The molecule has 0 bridgehead atoms. The fourth-order valence-corrected chi connectivity index (χ4v) is 1.60. The van der Waals surface area contributed by atoms with Crippen LogP contribution in [0.1, 0.15) is 24.8 Å². The molecule has 0 fully saturated rings. The van der Waals surface area contributed by atoms with Crippen molar-refractivity contribution in [1.29, 1.82) is 0 Å². The number of hydrogen-bond acceptors (Lipinski definition) is 2. The van der Waals surface area contributed by atoms with E-state index in [9.17, 15) is 9.59 Å². The number of rotatable bonds is 6. The van der Waals surface area contributed by atoms with Crippen molar-refractivity contribution in [3.8, 4) is 0 Å². The highest BCUT2D eigenvalue weighted by atomic mass is 16.4. The van der Waals surface area contributed by atoms with Gasteiger partial charge < -0.3 is 10.4 Å². The standard InChI is InChI=1S/C14H17NO3/c1-3-11(12-7-5-4-6-8-12)9-13(16)15-10(2)14(17)18/h3-8,10-11H,1,9H2,2H3,(H,15,16)(H,17,18)/t10-,11?/m0/s1. The molecule has 0 aliphatic carbocycles. The van der Waals surface area contributed by atoms with Gasteiger partial charge in [0.15, 0.2) is 0 Å². The molecule has 2 N–H and O–H groups in total. The van der Waals surface area contributed by atoms with Crippen LogP contribution in [0.25, 0.3) is 0 Å². The third-order valence-corrected chi connectivity index (χ3v) is 2.67. The van der Waals surface area contributed by atoms with Crippen LogP contribution in [0.2, 0.25) is 0 Å². The van der Waals surface area contributed by atoms with Gasteiger partial charge in [-0.3, -0.25) is 9.59 Å². The van der Waals surface area contributed by atoms with Gasteiger partial charge >= 0.3 is 5.97 Å². The normalized spacial score (nSPS) is 13.4. The third-order valence-electron chi connectivity index (χ3n) is 2.67. The lowest BCUT2D eigenvalue weighted by Crippen LogP contribution is -2.38. The molecular weight excluding hydrogens is 230 g/mol. The molecule has 1 aromatic rings. The minimum atomic E-state index is -1.04. The molecular formula is C14H17NO3. The second-order valence-corrected chi connectivity index (χ2v) is 4.08. The van der Waals surface area contributed by atoms with E-state index in [-0.39, 0.29) is 18.2 Å². The van der Waals surface area contributed by atoms with Crippen LogP contribution in [0, 0.1) is 0 Å². The van der Waals surface area contributed by atoms with Gasteiger partial charge in [-0.25, -0.2) is 0 Å². The molecule has 0 saturated heterocycles. The zero-order valence-electron chi connectivity index (χ0n) is 10.3. The monoisotopic (exact) mass is 247 g/mol. The van der Waals surface area contributed by atoms with Crippen LogP contribution < -0.4 is 5.32 Å². The second kappa shape index (κ2) is 6.59. The Morgan fingerprint density at radius 3 is 2.50 bits per heavy atom. The number of nitrogens with one attached hydrogen (secondary N) is 1. The van der Waals surface area contributed by atoms with Crippen molar-refractivity contribution in [1.82, 2.24) is 5.32 Å². The summed E-state index contributed by atoms with van der Waals surface area (Å²) in [6.07, 6.45) is 1.89. The molecule has 0 aliphatic heterocycles. The first kappa shape index (κ1) is 14.0. The SMILES string of the molecule is C=CC(CC(=O)N[C@@H](C)C(=O)O)c1ccccc1. The van der Waals surface area contributed by atoms with Gasteiger partial charge in [0.2, 0.25) is 5.91 Å². The summed E-state index contributed by atoms with van der Waals surface area (Å²) in [5.74, 6) is -1.44. The van der Waals surface area contributed by atoms with E-state index in [1.54, 1.807) is 6.08 Å². The highest BCUT2D eigenvalue weighted by Crippen LogP contribution is 2.20. The molecule has 0 aliphatic rings. The average molecular weight is 247 g/mol. The van der Waals surface area contributed by atoms with E-state index in [1.165, 1.54) is 6.92 Å². The Morgan fingerprint density at radius 2 is 2.00 bits per heavy atom. The Morgan fingerprint density at radius 1 is 1.39 bits per heavy atom. The van der Waals surface area contributed by atoms with E-state index < -0.39 is 12.0 Å². The maximum Gasteiger partial charge on any atom is 0.325 e. The Hall–Kier alpha value is -2.10. The number of carbonyl (C=O) groups excluding carboxylic acids is 1. The van der Waals surface area contributed by atoms with Gasteiger partial charge in [0, 0.05) is 12.3 Å². The number of amides is 1. The van der Waals surface area contributed by atoms with Crippen LogP contribution in [0.15, 0.2) is 43.0 Å². The fraction of sp³-hybridized carbons (Fsp3) is 0.286. The zero-order valence-corrected chi connectivity index (χ0v) is 10.3. The summed E-state index contributed by atoms with van der Waals surface area (Å²) in [4.78, 5) is 22.3. The van der Waals surface area contributed by atoms with Crippen LogP contribution in [-0.2, 0) is 9.59 Å². The molecule has 1 unspecified atom stereocenters. The molecule has 4 heteroatoms. The summed E-state index contributed by atoms with van der Waals surface area (Å²) in [5.41, 5.74) is 0.991. The van der Waals surface area contributed by atoms with Crippen molar-refractivity contribution < 1.29 is 14.7 Å². The van der Waals surface area contributed by atoms with Crippen molar-refractivity contribution in [2.45, 2.75) is 25.3 Å². The number of hydrogen-bond donors (Lipinski definition) is 2. The van der Waals surface area contributed by atoms with Crippen molar-refractivity contribution in [2.24, 2.45) is 0 Å². The first-order valence-corrected chi connectivity index (χ1v) is 5.74. The molecule has 96 valence electrons. The predicted octanol–water partition coefficient (Wildman–Crippen LogP) is 1.94. The molecule has 0 aromatic heterocycles. The summed E-state index contributed by atoms with van der Waals surface area (Å²) >= 11 is 0. The highest BCUT2D eigenvalue weighted by molar-refractivity contribution is 5.83. The molecule has 1 aromatic carbocycles. The smallest absolute Gasteiger partial charge is 0.325 e. The number of aliphatic carboxylic acids is 1. The van der Waals surface area contributed by atoms with E-state index >= 15 is 0 Å². The van der Waals surface area contributed by atoms with E-state index in [0.29, 0.717) is 0 Å². The second-order valence-electron chi connectivity index (χ2n) is 4.08. The van der Waals surface area contributed by atoms with Gasteiger partial charge in [-0.1, -0.05) is 36.4 Å². The van der Waals surface area contributed by atoms with Gasteiger partial charge in [-0.05, 0) is 12.5 Å². The highest BCUT2D eigenvalue weighted by Gasteiger charge is 2.17. The number of carbonyl (C=O) groups is 2. The van der Waals surface area contributed by atoms with Crippen molar-refractivity contribution in [3.05, 3.63) is 48.6 Å². The lowest BCUT2D eigenvalue weighted by atomic mass is 9.95. The first-order valence-electron chi connectivity index (χ1n) is 5.74. The maximum absolute atomic E-state index is 11.7. The Kier molecular flexibility index (Phi) is 5.11. The minimum absolute atomic E-state index is 0.104. The molecule has 18 heavy (non-hydrogen) atoms. The van der Waals surface area contributed by atoms with Crippen molar-refractivity contribution in [3.63, 3.8) is 0 Å². The lowest BCUT2D eigenvalue weighted by molar-refractivity contribution is -0.141. The minimum Gasteiger partial charge on any atom is -0.480 e. The lowest BCUT2D eigenvalue weighted by Gasteiger charge is -2.14. The van der Waals surface area contributed by atoms with E-state index in [2.05, 4.69) is 11.9 Å². The van der Waals surface area contributed by atoms with Gasteiger partial charge in [0.1, 0.15) is 6.04 Å². The van der Waals surface area contributed by atoms with Gasteiger partial charge in [0.05, 0.1) is 0 Å². The van der Waals surface area contributed by atoms with Crippen LogP contribution in [0.4, 0.5) is 0 Å². The predicted molar refractivity (Wildman–Crippen MR) is 69.2 cm³/mol. The molecule has 0 saturated carbocycles. The average Bonchev–Trinajstić information content (AvgIpc) is 2.36. The largest absolute Gasteiger partial charge is 0.480 e. The van der Waals surface area contributed by atoms with Crippen LogP contribution in [0.5, 0.6) is 0 Å². The van der Waals surface area contributed by atoms with Crippen LogP contribution >= 0.6 is 0 Å². The number of carboxylic acid groups (broad SMARTS) is 1.